The second kappa shape index (κ2) is 12.7. The van der Waals surface area contributed by atoms with Crippen LogP contribution in [-0.4, -0.2) is 4.57 Å². The Balaban J connectivity index is 1.38. The highest BCUT2D eigenvalue weighted by molar-refractivity contribution is 6.23. The van der Waals surface area contributed by atoms with Crippen LogP contribution in [0.5, 0.6) is 0 Å². The molecule has 11 rings (SSSR count). The monoisotopic (exact) mass is 697 g/mol. The Bertz CT molecular complexity index is 3170. The normalized spacial score (nSPS) is 11.6. The van der Waals surface area contributed by atoms with Gasteiger partial charge in [-0.1, -0.05) is 212 Å². The van der Waals surface area contributed by atoms with Crippen LogP contribution in [0.25, 0.3) is 104 Å². The van der Waals surface area contributed by atoms with Crippen molar-refractivity contribution in [3.05, 3.63) is 212 Å². The Hall–Kier alpha value is -7.22. The third-order valence-electron chi connectivity index (χ3n) is 11.4. The van der Waals surface area contributed by atoms with Crippen LogP contribution in [0, 0.1) is 0 Å². The molecule has 256 valence electrons. The second-order valence-electron chi connectivity index (χ2n) is 14.4. The van der Waals surface area contributed by atoms with E-state index in [1.165, 1.54) is 104 Å². The van der Waals surface area contributed by atoms with E-state index in [9.17, 15) is 0 Å². The van der Waals surface area contributed by atoms with E-state index in [4.69, 9.17) is 0 Å². The molecule has 0 aliphatic rings. The predicted octanol–water partition coefficient (Wildman–Crippen LogP) is 14.9. The van der Waals surface area contributed by atoms with Crippen molar-refractivity contribution >= 4 is 54.0 Å². The van der Waals surface area contributed by atoms with Crippen LogP contribution >= 0.6 is 0 Å². The maximum absolute atomic E-state index is 2.61. The third kappa shape index (κ3) is 4.87. The third-order valence-corrected chi connectivity index (χ3v) is 11.4. The largest absolute Gasteiger partial charge is 0.307 e. The van der Waals surface area contributed by atoms with E-state index in [0.717, 1.165) is 0 Å². The number of fused-ring (bicyclic) bond motifs is 6. The molecule has 0 N–H and O–H groups in total. The van der Waals surface area contributed by atoms with Gasteiger partial charge < -0.3 is 4.57 Å². The zero-order valence-corrected chi connectivity index (χ0v) is 30.2. The Morgan fingerprint density at radius 1 is 0.255 bits per heavy atom. The van der Waals surface area contributed by atoms with Crippen molar-refractivity contribution in [3.8, 4) is 50.3 Å². The smallest absolute Gasteiger partial charge is 0.0620 e. The van der Waals surface area contributed by atoms with E-state index >= 15 is 0 Å². The Morgan fingerprint density at radius 2 is 0.691 bits per heavy atom. The summed E-state index contributed by atoms with van der Waals surface area (Å²) in [5, 5.41) is 11.1. The van der Waals surface area contributed by atoms with Gasteiger partial charge in [-0.2, -0.15) is 0 Å². The number of hydrogen-bond acceptors (Lipinski definition) is 0. The minimum atomic E-state index is 1.18. The van der Waals surface area contributed by atoms with Crippen LogP contribution in [0.2, 0.25) is 0 Å². The zero-order valence-electron chi connectivity index (χ0n) is 30.2. The molecule has 0 fully saturated rings. The summed E-state index contributed by atoms with van der Waals surface area (Å²) in [6.45, 7) is 0. The van der Waals surface area contributed by atoms with Crippen molar-refractivity contribution in [3.63, 3.8) is 0 Å². The molecule has 0 aliphatic heterocycles. The van der Waals surface area contributed by atoms with E-state index in [-0.39, 0.29) is 0 Å². The van der Waals surface area contributed by atoms with Gasteiger partial charge in [0.05, 0.1) is 16.9 Å². The maximum Gasteiger partial charge on any atom is 0.0620 e. The highest BCUT2D eigenvalue weighted by Crippen LogP contribution is 2.50. The number of benzene rings is 10. The molecule has 0 spiro atoms. The lowest BCUT2D eigenvalue weighted by Gasteiger charge is -2.21. The van der Waals surface area contributed by atoms with Gasteiger partial charge in [0.25, 0.3) is 0 Å². The Morgan fingerprint density at radius 3 is 1.33 bits per heavy atom. The lowest BCUT2D eigenvalue weighted by Crippen LogP contribution is -2.02. The van der Waals surface area contributed by atoms with Gasteiger partial charge in [0, 0.05) is 27.1 Å². The fourth-order valence-electron chi connectivity index (χ4n) is 9.08. The SMILES string of the molecule is c1ccc(-c2c3ccccc3c(-n3c(-c4ccccc4)c(-c4ccccc4)c4ccc5c(-c6cccc7ccccc67)cccc5c43)c3ccccc23)cc1. The highest BCUT2D eigenvalue weighted by Gasteiger charge is 2.27. The molecule has 10 aromatic carbocycles. The summed E-state index contributed by atoms with van der Waals surface area (Å²) in [5.41, 5.74) is 12.2. The van der Waals surface area contributed by atoms with Gasteiger partial charge in [-0.05, 0) is 60.3 Å². The first-order valence-electron chi connectivity index (χ1n) is 19.0. The van der Waals surface area contributed by atoms with Crippen LogP contribution < -0.4 is 0 Å². The zero-order chi connectivity index (χ0) is 36.3. The summed E-state index contributed by atoms with van der Waals surface area (Å²) >= 11 is 0. The molecular weight excluding hydrogens is 663 g/mol. The maximum atomic E-state index is 2.61. The van der Waals surface area contributed by atoms with E-state index < -0.39 is 0 Å². The van der Waals surface area contributed by atoms with Gasteiger partial charge in [-0.25, -0.2) is 0 Å². The first kappa shape index (κ1) is 31.3. The van der Waals surface area contributed by atoms with Crippen molar-refractivity contribution in [2.45, 2.75) is 0 Å². The summed E-state index contributed by atoms with van der Waals surface area (Å²) in [6, 6.07) is 77.8. The second-order valence-corrected chi connectivity index (χ2v) is 14.4. The van der Waals surface area contributed by atoms with Crippen molar-refractivity contribution in [1.82, 2.24) is 4.57 Å². The fourth-order valence-corrected chi connectivity index (χ4v) is 9.08. The summed E-state index contributed by atoms with van der Waals surface area (Å²) in [6.07, 6.45) is 0. The Labute approximate surface area is 320 Å². The molecule has 0 atom stereocenters. The minimum absolute atomic E-state index is 1.18. The van der Waals surface area contributed by atoms with Gasteiger partial charge >= 0.3 is 0 Å². The average molecular weight is 698 g/mol. The summed E-state index contributed by atoms with van der Waals surface area (Å²) in [5.74, 6) is 0. The summed E-state index contributed by atoms with van der Waals surface area (Å²) in [4.78, 5) is 0. The first-order chi connectivity index (χ1) is 27.3. The van der Waals surface area contributed by atoms with E-state index in [1.54, 1.807) is 0 Å². The molecule has 0 saturated carbocycles. The average Bonchev–Trinajstić information content (AvgIpc) is 3.61. The van der Waals surface area contributed by atoms with Crippen LogP contribution in [-0.2, 0) is 0 Å². The number of nitrogens with zero attached hydrogens (tertiary/aromatic N) is 1. The molecule has 0 aliphatic carbocycles. The van der Waals surface area contributed by atoms with Crippen molar-refractivity contribution < 1.29 is 0 Å². The number of rotatable bonds is 5. The minimum Gasteiger partial charge on any atom is -0.307 e. The predicted molar refractivity (Wildman–Crippen MR) is 235 cm³/mol. The van der Waals surface area contributed by atoms with E-state index in [0.29, 0.717) is 0 Å². The van der Waals surface area contributed by atoms with Crippen LogP contribution in [0.4, 0.5) is 0 Å². The standard InChI is InChI=1S/C54H35N/c1-4-19-37(20-5-1)50-44-27-12-14-29-47(44)53(48-30-15-13-28-45(48)50)55-52(39-23-8-3-9-24-39)51(38-21-6-2-7-22-38)49-35-34-43-42(32-17-33-46(43)54(49)55)41-31-16-25-36-18-10-11-26-40(36)41/h1-35H. The van der Waals surface area contributed by atoms with Gasteiger partial charge in [0.15, 0.2) is 0 Å². The molecule has 0 radical (unpaired) electrons. The molecule has 0 amide bonds. The van der Waals surface area contributed by atoms with Crippen LogP contribution in [0.15, 0.2) is 212 Å². The van der Waals surface area contributed by atoms with Crippen LogP contribution in [0.1, 0.15) is 0 Å². The van der Waals surface area contributed by atoms with Crippen molar-refractivity contribution in [1.29, 1.82) is 0 Å². The van der Waals surface area contributed by atoms with Crippen molar-refractivity contribution in [2.75, 3.05) is 0 Å². The molecule has 1 aromatic heterocycles. The van der Waals surface area contributed by atoms with Gasteiger partial charge in [0.2, 0.25) is 0 Å². The molecule has 1 heterocycles. The molecule has 11 aromatic rings. The summed E-state index contributed by atoms with van der Waals surface area (Å²) < 4.78 is 2.61. The fraction of sp³-hybridized carbons (Fsp3) is 0. The van der Waals surface area contributed by atoms with Gasteiger partial charge in [-0.3, -0.25) is 0 Å². The molecule has 55 heavy (non-hydrogen) atoms. The molecular formula is C54H35N. The highest BCUT2D eigenvalue weighted by atomic mass is 15.0. The topological polar surface area (TPSA) is 4.93 Å². The molecule has 1 nitrogen and oxygen atoms in total. The number of aromatic nitrogens is 1. The first-order valence-corrected chi connectivity index (χ1v) is 19.0. The van der Waals surface area contributed by atoms with Crippen molar-refractivity contribution in [2.24, 2.45) is 0 Å². The lowest BCUT2D eigenvalue weighted by molar-refractivity contribution is 1.17. The van der Waals surface area contributed by atoms with Gasteiger partial charge in [-0.15, -0.1) is 0 Å². The molecule has 0 bridgehead atoms. The lowest BCUT2D eigenvalue weighted by atomic mass is 9.90. The van der Waals surface area contributed by atoms with E-state index in [2.05, 4.69) is 217 Å². The van der Waals surface area contributed by atoms with Crippen LogP contribution in [0.3, 0.4) is 0 Å². The Kier molecular flexibility index (Phi) is 7.25. The van der Waals surface area contributed by atoms with E-state index in [1.807, 2.05) is 0 Å². The summed E-state index contributed by atoms with van der Waals surface area (Å²) in [7, 11) is 0. The molecule has 1 heteroatoms. The molecule has 0 unspecified atom stereocenters. The van der Waals surface area contributed by atoms with Gasteiger partial charge in [0.1, 0.15) is 0 Å². The number of hydrogen-bond donors (Lipinski definition) is 0. The quantitative estimate of drug-likeness (QED) is 0.158. The molecule has 0 saturated heterocycles.